The maximum atomic E-state index is 12.4. The number of carbonyl (C=O) groups is 5. The van der Waals surface area contributed by atoms with E-state index >= 15 is 0 Å². The van der Waals surface area contributed by atoms with Gasteiger partial charge in [-0.05, 0) is 44.5 Å². The van der Waals surface area contributed by atoms with Crippen molar-refractivity contribution in [2.24, 2.45) is 0 Å². The molecule has 0 atom stereocenters. The molecule has 1 aliphatic heterocycles. The molecule has 0 radical (unpaired) electrons. The first-order valence-electron chi connectivity index (χ1n) is 10.6. The summed E-state index contributed by atoms with van der Waals surface area (Å²) in [5, 5.41) is 7.70. The summed E-state index contributed by atoms with van der Waals surface area (Å²) in [6, 6.07) is 13.2. The summed E-state index contributed by atoms with van der Waals surface area (Å²) in [7, 11) is 0. The van der Waals surface area contributed by atoms with Crippen LogP contribution in [0.5, 0.6) is 0 Å². The quantitative estimate of drug-likeness (QED) is 0.535. The third-order valence-corrected chi connectivity index (χ3v) is 4.74. The van der Waals surface area contributed by atoms with E-state index in [2.05, 4.69) is 16.0 Å². The van der Waals surface area contributed by atoms with Crippen LogP contribution >= 0.6 is 0 Å². The summed E-state index contributed by atoms with van der Waals surface area (Å²) < 4.78 is 5.09. The van der Waals surface area contributed by atoms with E-state index in [1.165, 1.54) is 0 Å². The number of alkyl carbamates (subject to hydrolysis) is 1. The van der Waals surface area contributed by atoms with Crippen molar-refractivity contribution >= 4 is 35.4 Å². The fourth-order valence-electron chi connectivity index (χ4n) is 3.23. The minimum Gasteiger partial charge on any atom is -0.444 e. The molecule has 1 aliphatic rings. The normalized spacial score (nSPS) is 12.7. The zero-order valence-corrected chi connectivity index (χ0v) is 19.1. The van der Waals surface area contributed by atoms with E-state index in [9.17, 15) is 24.0 Å². The van der Waals surface area contributed by atoms with Crippen LogP contribution in [0.15, 0.2) is 48.5 Å². The van der Waals surface area contributed by atoms with E-state index < -0.39 is 41.9 Å². The van der Waals surface area contributed by atoms with Crippen molar-refractivity contribution in [3.05, 3.63) is 65.2 Å². The Morgan fingerprint density at radius 2 is 1.44 bits per heavy atom. The molecule has 2 aromatic rings. The summed E-state index contributed by atoms with van der Waals surface area (Å²) >= 11 is 0. The van der Waals surface area contributed by atoms with Crippen LogP contribution in [0.25, 0.3) is 0 Å². The molecule has 3 N–H and O–H groups in total. The molecule has 0 saturated carbocycles. The number of hydrogen-bond donors (Lipinski definition) is 3. The summed E-state index contributed by atoms with van der Waals surface area (Å²) in [6.07, 6.45) is -0.712. The molecule has 34 heavy (non-hydrogen) atoms. The Labute approximate surface area is 196 Å². The highest BCUT2D eigenvalue weighted by Gasteiger charge is 2.36. The fourth-order valence-corrected chi connectivity index (χ4v) is 3.23. The minimum absolute atomic E-state index is 0.0535. The number of fused-ring (bicyclic) bond motifs is 1. The maximum Gasteiger partial charge on any atom is 0.408 e. The molecule has 2 aromatic carbocycles. The highest BCUT2D eigenvalue weighted by molar-refractivity contribution is 6.22. The Kier molecular flexibility index (Phi) is 7.30. The smallest absolute Gasteiger partial charge is 0.408 e. The van der Waals surface area contributed by atoms with E-state index in [-0.39, 0.29) is 24.2 Å². The van der Waals surface area contributed by atoms with Crippen LogP contribution < -0.4 is 16.0 Å². The summed E-state index contributed by atoms with van der Waals surface area (Å²) in [4.78, 5) is 62.1. The number of nitrogens with one attached hydrogen (secondary N) is 3. The number of ether oxygens (including phenoxy) is 1. The first-order chi connectivity index (χ1) is 16.0. The molecule has 1 heterocycles. The Hall–Kier alpha value is -4.21. The summed E-state index contributed by atoms with van der Waals surface area (Å²) in [5.74, 6) is -2.03. The van der Waals surface area contributed by atoms with Crippen molar-refractivity contribution in [1.82, 2.24) is 15.5 Å². The molecule has 10 nitrogen and oxygen atoms in total. The van der Waals surface area contributed by atoms with E-state index in [0.29, 0.717) is 11.3 Å². The Morgan fingerprint density at radius 1 is 0.853 bits per heavy atom. The highest BCUT2D eigenvalue weighted by Crippen LogP contribution is 2.22. The van der Waals surface area contributed by atoms with Gasteiger partial charge in [0.25, 0.3) is 11.8 Å². The average molecular weight is 466 g/mol. The van der Waals surface area contributed by atoms with Crippen LogP contribution in [-0.2, 0) is 20.9 Å². The second-order valence-corrected chi connectivity index (χ2v) is 8.58. The predicted octanol–water partition coefficient (Wildman–Crippen LogP) is 2.06. The second-order valence-electron chi connectivity index (χ2n) is 8.58. The van der Waals surface area contributed by atoms with Crippen LogP contribution in [-0.4, -0.2) is 53.3 Å². The molecule has 0 spiro atoms. The third-order valence-electron chi connectivity index (χ3n) is 4.74. The van der Waals surface area contributed by atoms with Crippen molar-refractivity contribution in [3.8, 4) is 0 Å². The van der Waals surface area contributed by atoms with E-state index in [0.717, 1.165) is 4.90 Å². The molecule has 10 heteroatoms. The Morgan fingerprint density at radius 3 is 2.06 bits per heavy atom. The molecule has 0 unspecified atom stereocenters. The molecule has 5 amide bonds. The minimum atomic E-state index is -0.712. The van der Waals surface area contributed by atoms with Crippen molar-refractivity contribution in [3.63, 3.8) is 0 Å². The molecule has 0 fully saturated rings. The lowest BCUT2D eigenvalue weighted by atomic mass is 10.1. The molecule has 3 rings (SSSR count). The SMILES string of the molecule is CC(C)(C)OC(=O)NCC(=O)Nc1ccccc1CNC(=O)CN1C(=O)c2ccccc2C1=O. The molecule has 0 aromatic heterocycles. The van der Waals surface area contributed by atoms with Gasteiger partial charge >= 0.3 is 6.09 Å². The monoisotopic (exact) mass is 466 g/mol. The number of rotatable bonds is 7. The van der Waals surface area contributed by atoms with Gasteiger partial charge in [0.05, 0.1) is 11.1 Å². The largest absolute Gasteiger partial charge is 0.444 e. The molecule has 0 aliphatic carbocycles. The fraction of sp³-hybridized carbons (Fsp3) is 0.292. The van der Waals surface area contributed by atoms with Gasteiger partial charge in [0.15, 0.2) is 0 Å². The highest BCUT2D eigenvalue weighted by atomic mass is 16.6. The van der Waals surface area contributed by atoms with Crippen molar-refractivity contribution < 1.29 is 28.7 Å². The predicted molar refractivity (Wildman–Crippen MR) is 123 cm³/mol. The van der Waals surface area contributed by atoms with Crippen LogP contribution in [0.2, 0.25) is 0 Å². The number of para-hydroxylation sites is 1. The molecular formula is C24H26N4O6. The molecule has 178 valence electrons. The average Bonchev–Trinajstić information content (AvgIpc) is 3.01. The second kappa shape index (κ2) is 10.2. The summed E-state index contributed by atoms with van der Waals surface area (Å²) in [5.41, 5.74) is 0.906. The molecule has 0 bridgehead atoms. The van der Waals surface area contributed by atoms with E-state index in [4.69, 9.17) is 4.74 Å². The van der Waals surface area contributed by atoms with Gasteiger partial charge in [0.2, 0.25) is 11.8 Å². The number of nitrogens with zero attached hydrogens (tertiary/aromatic N) is 1. The lowest BCUT2D eigenvalue weighted by Gasteiger charge is -2.19. The number of amides is 5. The van der Waals surface area contributed by atoms with Crippen molar-refractivity contribution in [1.29, 1.82) is 0 Å². The van der Waals surface area contributed by atoms with E-state index in [1.807, 2.05) is 0 Å². The molecular weight excluding hydrogens is 440 g/mol. The van der Waals surface area contributed by atoms with Crippen LogP contribution in [0, 0.1) is 0 Å². The van der Waals surface area contributed by atoms with Gasteiger partial charge in [-0.25, -0.2) is 4.79 Å². The van der Waals surface area contributed by atoms with Crippen LogP contribution in [0.1, 0.15) is 47.1 Å². The number of anilines is 1. The first kappa shape index (κ1) is 24.4. The lowest BCUT2D eigenvalue weighted by molar-refractivity contribution is -0.121. The van der Waals surface area contributed by atoms with Gasteiger partial charge < -0.3 is 20.7 Å². The van der Waals surface area contributed by atoms with Gasteiger partial charge in [-0.3, -0.25) is 24.1 Å². The van der Waals surface area contributed by atoms with Gasteiger partial charge in [-0.2, -0.15) is 0 Å². The van der Waals surface area contributed by atoms with Crippen molar-refractivity contribution in [2.45, 2.75) is 32.9 Å². The summed E-state index contributed by atoms with van der Waals surface area (Å²) in [6.45, 7) is 4.48. The Balaban J connectivity index is 1.53. The van der Waals surface area contributed by atoms with Gasteiger partial charge in [-0.15, -0.1) is 0 Å². The lowest BCUT2D eigenvalue weighted by Crippen LogP contribution is -2.40. The topological polar surface area (TPSA) is 134 Å². The maximum absolute atomic E-state index is 12.4. The van der Waals surface area contributed by atoms with Gasteiger partial charge in [-0.1, -0.05) is 30.3 Å². The van der Waals surface area contributed by atoms with Crippen molar-refractivity contribution in [2.75, 3.05) is 18.4 Å². The van der Waals surface area contributed by atoms with Crippen LogP contribution in [0.3, 0.4) is 0 Å². The first-order valence-corrected chi connectivity index (χ1v) is 10.6. The van der Waals surface area contributed by atoms with Crippen LogP contribution in [0.4, 0.5) is 10.5 Å². The third kappa shape index (κ3) is 6.18. The number of imide groups is 1. The number of hydrogen-bond acceptors (Lipinski definition) is 6. The number of carbonyl (C=O) groups excluding carboxylic acids is 5. The standard InChI is InChI=1S/C24H26N4O6/c1-24(2,3)34-23(33)26-13-19(29)27-18-11-7-4-8-15(18)12-25-20(30)14-28-21(31)16-9-5-6-10-17(16)22(28)32/h4-11H,12-14H2,1-3H3,(H,25,30)(H,26,33)(H,27,29). The zero-order chi connectivity index (χ0) is 24.9. The van der Waals surface area contributed by atoms with Gasteiger partial charge in [0.1, 0.15) is 18.7 Å². The number of benzene rings is 2. The Bertz CT molecular complexity index is 1100. The molecule has 0 saturated heterocycles. The zero-order valence-electron chi connectivity index (χ0n) is 19.1. The van der Waals surface area contributed by atoms with E-state index in [1.54, 1.807) is 69.3 Å². The van der Waals surface area contributed by atoms with Gasteiger partial charge in [0, 0.05) is 12.2 Å².